The number of pyridine rings is 1. The van der Waals surface area contributed by atoms with Gasteiger partial charge in [0.15, 0.2) is 0 Å². The summed E-state index contributed by atoms with van der Waals surface area (Å²) in [6, 6.07) is -0.547. The average molecular weight is 523 g/mol. The number of hydrogen-bond acceptors (Lipinski definition) is 6. The fourth-order valence-corrected chi connectivity index (χ4v) is 5.77. The zero-order valence-electron chi connectivity index (χ0n) is 19.8. The highest BCUT2D eigenvalue weighted by molar-refractivity contribution is 6.30. The normalized spacial score (nSPS) is 28.4. The van der Waals surface area contributed by atoms with Crippen molar-refractivity contribution in [2.75, 3.05) is 11.9 Å². The highest BCUT2D eigenvalue weighted by Gasteiger charge is 2.60. The van der Waals surface area contributed by atoms with E-state index in [9.17, 15) is 28.4 Å². The molecule has 0 spiro atoms. The van der Waals surface area contributed by atoms with Gasteiger partial charge in [0.25, 0.3) is 5.92 Å². The number of piperidine rings is 3. The minimum Gasteiger partial charge on any atom is -0.373 e. The first kappa shape index (κ1) is 26.1. The number of rotatable bonds is 7. The summed E-state index contributed by atoms with van der Waals surface area (Å²) < 4.78 is 29.8. The van der Waals surface area contributed by atoms with Crippen molar-refractivity contribution in [1.82, 2.24) is 20.5 Å². The van der Waals surface area contributed by atoms with Crippen LogP contribution in [-0.2, 0) is 14.4 Å². The van der Waals surface area contributed by atoms with Crippen molar-refractivity contribution < 1.29 is 23.2 Å². The first-order chi connectivity index (χ1) is 17.1. The SMILES string of the molecule is C[C@@H](Nc1cncc(Cl)c1)C(=O)N1[C@H]2CC[C@@H]([C@@H]1C(=O)N[C@@H](C#N)C[C@@H]1CCCNC1=O)C(F)(F)C2. The Bertz CT molecular complexity index is 1070. The van der Waals surface area contributed by atoms with Crippen LogP contribution in [-0.4, -0.2) is 64.2 Å². The van der Waals surface area contributed by atoms with Gasteiger partial charge < -0.3 is 20.9 Å². The van der Waals surface area contributed by atoms with Crippen molar-refractivity contribution in [2.24, 2.45) is 11.8 Å². The van der Waals surface area contributed by atoms with Gasteiger partial charge >= 0.3 is 0 Å². The number of nitrogens with zero attached hydrogens (tertiary/aromatic N) is 3. The van der Waals surface area contributed by atoms with Crippen LogP contribution in [0.2, 0.25) is 5.02 Å². The predicted octanol–water partition coefficient (Wildman–Crippen LogP) is 2.47. The smallest absolute Gasteiger partial charge is 0.255 e. The van der Waals surface area contributed by atoms with Gasteiger partial charge in [-0.1, -0.05) is 11.6 Å². The number of alkyl halides is 2. The van der Waals surface area contributed by atoms with Crippen molar-refractivity contribution >= 4 is 35.0 Å². The third-order valence-corrected chi connectivity index (χ3v) is 7.52. The van der Waals surface area contributed by atoms with Gasteiger partial charge in [0, 0.05) is 31.1 Å². The van der Waals surface area contributed by atoms with E-state index < -0.39 is 60.2 Å². The van der Waals surface area contributed by atoms with E-state index in [2.05, 4.69) is 20.9 Å². The Balaban J connectivity index is 1.52. The number of fused-ring (bicyclic) bond motifs is 3. The highest BCUT2D eigenvalue weighted by atomic mass is 35.5. The molecule has 12 heteroatoms. The summed E-state index contributed by atoms with van der Waals surface area (Å²) in [6.07, 6.45) is 4.30. The summed E-state index contributed by atoms with van der Waals surface area (Å²) in [6.45, 7) is 2.14. The minimum atomic E-state index is -3.11. The third kappa shape index (κ3) is 5.38. The maximum atomic E-state index is 14.9. The summed E-state index contributed by atoms with van der Waals surface area (Å²) >= 11 is 5.96. The van der Waals surface area contributed by atoms with Crippen LogP contribution in [0, 0.1) is 23.2 Å². The Kier molecular flexibility index (Phi) is 7.64. The largest absolute Gasteiger partial charge is 0.373 e. The summed E-state index contributed by atoms with van der Waals surface area (Å²) in [5, 5.41) is 18.3. The molecule has 2 bridgehead atoms. The lowest BCUT2D eigenvalue weighted by atomic mass is 9.71. The highest BCUT2D eigenvalue weighted by Crippen LogP contribution is 2.49. The first-order valence-electron chi connectivity index (χ1n) is 12.2. The minimum absolute atomic E-state index is 0.0823. The molecule has 3 amide bonds. The molecule has 194 valence electrons. The second-order valence-corrected chi connectivity index (χ2v) is 10.2. The van der Waals surface area contributed by atoms with Crippen molar-refractivity contribution in [3.8, 4) is 6.07 Å². The molecular weight excluding hydrogens is 494 g/mol. The van der Waals surface area contributed by atoms with Crippen LogP contribution in [0.1, 0.15) is 45.4 Å². The molecule has 4 fully saturated rings. The summed E-state index contributed by atoms with van der Waals surface area (Å²) in [4.78, 5) is 44.2. The van der Waals surface area contributed by atoms with Crippen molar-refractivity contribution in [2.45, 2.75) is 75.5 Å². The zero-order chi connectivity index (χ0) is 26.0. The van der Waals surface area contributed by atoms with Gasteiger partial charge in [-0.05, 0) is 45.1 Å². The Morgan fingerprint density at radius 1 is 1.36 bits per heavy atom. The van der Waals surface area contributed by atoms with Gasteiger partial charge in [0.2, 0.25) is 17.7 Å². The van der Waals surface area contributed by atoms with E-state index in [0.717, 1.165) is 6.42 Å². The van der Waals surface area contributed by atoms with Crippen molar-refractivity contribution in [3.05, 3.63) is 23.5 Å². The van der Waals surface area contributed by atoms with Crippen LogP contribution in [0.3, 0.4) is 0 Å². The van der Waals surface area contributed by atoms with Gasteiger partial charge in [-0.2, -0.15) is 5.26 Å². The Hall–Kier alpha value is -3.00. The molecule has 0 radical (unpaired) electrons. The molecule has 0 unspecified atom stereocenters. The molecule has 0 aromatic carbocycles. The van der Waals surface area contributed by atoms with Crippen molar-refractivity contribution in [3.63, 3.8) is 0 Å². The van der Waals surface area contributed by atoms with Gasteiger partial charge in [0.05, 0.1) is 28.9 Å². The standard InChI is InChI=1S/C24H29ClF2N6O3/c1-13(31-17-8-15(25)11-29-12-17)23(36)33-18-4-5-19(24(26,27)9-18)20(33)22(35)32-16(10-28)7-14-3-2-6-30-21(14)34/h8,11-14,16,18-20,31H,2-7,9H2,1H3,(H,30,34)(H,32,35)/t13-,14+,16-,18+,19+,20-/m1/s1. The second kappa shape index (κ2) is 10.5. The fraction of sp³-hybridized carbons (Fsp3) is 0.625. The summed E-state index contributed by atoms with van der Waals surface area (Å²) in [7, 11) is 0. The average Bonchev–Trinajstić information content (AvgIpc) is 2.83. The number of nitrogens with one attached hydrogen (secondary N) is 3. The predicted molar refractivity (Wildman–Crippen MR) is 127 cm³/mol. The maximum Gasteiger partial charge on any atom is 0.255 e. The quantitative estimate of drug-likeness (QED) is 0.505. The lowest BCUT2D eigenvalue weighted by molar-refractivity contribution is -0.194. The fourth-order valence-electron chi connectivity index (χ4n) is 5.60. The van der Waals surface area contributed by atoms with Crippen LogP contribution in [0.15, 0.2) is 18.5 Å². The lowest BCUT2D eigenvalue weighted by Gasteiger charge is -2.54. The van der Waals surface area contributed by atoms with E-state index >= 15 is 0 Å². The summed E-state index contributed by atoms with van der Waals surface area (Å²) in [5.41, 5.74) is 0.479. The molecule has 36 heavy (non-hydrogen) atoms. The van der Waals surface area contributed by atoms with Crippen LogP contribution in [0.5, 0.6) is 0 Å². The zero-order valence-corrected chi connectivity index (χ0v) is 20.6. The van der Waals surface area contributed by atoms with Crippen LogP contribution < -0.4 is 16.0 Å². The van der Waals surface area contributed by atoms with Crippen LogP contribution in [0.4, 0.5) is 14.5 Å². The van der Waals surface area contributed by atoms with Crippen LogP contribution >= 0.6 is 11.6 Å². The Morgan fingerprint density at radius 3 is 2.81 bits per heavy atom. The number of nitriles is 1. The second-order valence-electron chi connectivity index (χ2n) is 9.81. The molecule has 1 aromatic heterocycles. The molecule has 4 heterocycles. The van der Waals surface area contributed by atoms with E-state index in [-0.39, 0.29) is 18.7 Å². The number of aromatic nitrogens is 1. The van der Waals surface area contributed by atoms with Crippen LogP contribution in [0.25, 0.3) is 0 Å². The molecule has 1 aromatic rings. The topological polar surface area (TPSA) is 127 Å². The molecule has 6 atom stereocenters. The molecule has 3 aliphatic heterocycles. The Labute approximate surface area is 212 Å². The molecule has 1 saturated carbocycles. The van der Waals surface area contributed by atoms with Gasteiger partial charge in [0.1, 0.15) is 18.1 Å². The molecule has 3 N–H and O–H groups in total. The number of halogens is 3. The number of amides is 3. The molecule has 4 aliphatic rings. The molecule has 3 saturated heterocycles. The summed E-state index contributed by atoms with van der Waals surface area (Å²) in [5.74, 6) is -6.39. The van der Waals surface area contributed by atoms with Gasteiger partial charge in [-0.15, -0.1) is 0 Å². The number of hydrogen-bond donors (Lipinski definition) is 3. The van der Waals surface area contributed by atoms with Crippen molar-refractivity contribution in [1.29, 1.82) is 5.26 Å². The van der Waals surface area contributed by atoms with Gasteiger partial charge in [-0.3, -0.25) is 19.4 Å². The van der Waals surface area contributed by atoms with E-state index in [1.54, 1.807) is 13.0 Å². The lowest BCUT2D eigenvalue weighted by Crippen LogP contribution is -2.70. The number of carbonyl (C=O) groups excluding carboxylic acids is 3. The maximum absolute atomic E-state index is 14.9. The number of anilines is 1. The van der Waals surface area contributed by atoms with Gasteiger partial charge in [-0.25, -0.2) is 8.78 Å². The molecule has 9 nitrogen and oxygen atoms in total. The first-order valence-corrected chi connectivity index (χ1v) is 12.5. The molecule has 1 aliphatic carbocycles. The monoisotopic (exact) mass is 522 g/mol. The number of carbonyl (C=O) groups is 3. The van der Waals surface area contributed by atoms with E-state index in [1.165, 1.54) is 17.3 Å². The molecule has 5 rings (SSSR count). The molecular formula is C24H29ClF2N6O3. The third-order valence-electron chi connectivity index (χ3n) is 7.31. The van der Waals surface area contributed by atoms with E-state index in [4.69, 9.17) is 11.6 Å². The Morgan fingerprint density at radius 2 is 2.14 bits per heavy atom. The van der Waals surface area contributed by atoms with E-state index in [0.29, 0.717) is 30.1 Å². The van der Waals surface area contributed by atoms with E-state index in [1.807, 2.05) is 6.07 Å².